The van der Waals surface area contributed by atoms with Crippen LogP contribution in [0.5, 0.6) is 0 Å². The van der Waals surface area contributed by atoms with Crippen LogP contribution in [0.25, 0.3) is 0 Å². The summed E-state index contributed by atoms with van der Waals surface area (Å²) >= 11 is 6.26. The van der Waals surface area contributed by atoms with E-state index in [-0.39, 0.29) is 0 Å². The van der Waals surface area contributed by atoms with E-state index in [2.05, 4.69) is 15.9 Å². The number of nitrogens with two attached hydrogens (primary N) is 1. The Morgan fingerprint density at radius 2 is 1.90 bits per heavy atom. The Bertz CT molecular complexity index is 591. The Hall–Kier alpha value is -1.49. The molecule has 21 heavy (non-hydrogen) atoms. The van der Waals surface area contributed by atoms with Gasteiger partial charge in [-0.05, 0) is 18.2 Å². The van der Waals surface area contributed by atoms with Gasteiger partial charge in [0.15, 0.2) is 0 Å². The van der Waals surface area contributed by atoms with Crippen molar-refractivity contribution in [2.45, 2.75) is 13.1 Å². The number of benzene rings is 1. The van der Waals surface area contributed by atoms with E-state index in [0.29, 0.717) is 6.54 Å². The van der Waals surface area contributed by atoms with E-state index in [4.69, 9.17) is 21.8 Å². The third-order valence-electron chi connectivity index (χ3n) is 3.89. The first kappa shape index (κ1) is 14.4. The highest BCUT2D eigenvalue weighted by Gasteiger charge is 2.19. The van der Waals surface area contributed by atoms with Crippen LogP contribution in [0.3, 0.4) is 0 Å². The zero-order valence-electron chi connectivity index (χ0n) is 12.0. The van der Waals surface area contributed by atoms with Crippen LogP contribution < -0.4 is 10.6 Å². The van der Waals surface area contributed by atoms with Gasteiger partial charge in [-0.3, -0.25) is 4.90 Å². The lowest BCUT2D eigenvalue weighted by atomic mass is 10.2. The molecule has 1 aromatic carbocycles. The van der Waals surface area contributed by atoms with E-state index in [1.165, 1.54) is 0 Å². The molecule has 1 saturated heterocycles. The van der Waals surface area contributed by atoms with Crippen molar-refractivity contribution in [1.29, 1.82) is 0 Å². The molecule has 1 aromatic heterocycles. The number of anilines is 1. The molecule has 0 unspecified atom stereocenters. The van der Waals surface area contributed by atoms with E-state index in [1.807, 2.05) is 24.3 Å². The molecular weight excluding hydrogens is 286 g/mol. The standard InChI is InChI=1S/C16H20ClN3O/c17-15-3-1-2-4-16(15)20-7-5-19(6-8-20)11-14-9-13(10-18)12-21-14/h1-4,9,12H,5-8,10-11,18H2. The molecule has 1 fully saturated rings. The monoisotopic (exact) mass is 305 g/mol. The maximum absolute atomic E-state index is 6.26. The van der Waals surface area contributed by atoms with Gasteiger partial charge < -0.3 is 15.1 Å². The molecule has 0 radical (unpaired) electrons. The number of piperazine rings is 1. The molecule has 0 spiro atoms. The summed E-state index contributed by atoms with van der Waals surface area (Å²) in [5.41, 5.74) is 7.78. The van der Waals surface area contributed by atoms with E-state index >= 15 is 0 Å². The summed E-state index contributed by atoms with van der Waals surface area (Å²) in [4.78, 5) is 4.73. The van der Waals surface area contributed by atoms with Crippen LogP contribution in [0.2, 0.25) is 5.02 Å². The van der Waals surface area contributed by atoms with Gasteiger partial charge in [-0.25, -0.2) is 0 Å². The van der Waals surface area contributed by atoms with Crippen molar-refractivity contribution in [3.05, 3.63) is 52.9 Å². The Morgan fingerprint density at radius 1 is 1.14 bits per heavy atom. The number of hydrogen-bond donors (Lipinski definition) is 1. The van der Waals surface area contributed by atoms with Crippen molar-refractivity contribution < 1.29 is 4.42 Å². The van der Waals surface area contributed by atoms with Crippen molar-refractivity contribution in [3.8, 4) is 0 Å². The summed E-state index contributed by atoms with van der Waals surface area (Å²) < 4.78 is 5.53. The number of nitrogens with zero attached hydrogens (tertiary/aromatic N) is 2. The van der Waals surface area contributed by atoms with Gasteiger partial charge >= 0.3 is 0 Å². The molecule has 112 valence electrons. The Kier molecular flexibility index (Phi) is 4.48. The van der Waals surface area contributed by atoms with Gasteiger partial charge in [-0.1, -0.05) is 23.7 Å². The molecule has 0 atom stereocenters. The lowest BCUT2D eigenvalue weighted by Gasteiger charge is -2.36. The number of rotatable bonds is 4. The van der Waals surface area contributed by atoms with Crippen LogP contribution >= 0.6 is 11.6 Å². The highest BCUT2D eigenvalue weighted by Crippen LogP contribution is 2.26. The quantitative estimate of drug-likeness (QED) is 0.943. The zero-order valence-corrected chi connectivity index (χ0v) is 12.7. The molecule has 5 heteroatoms. The molecule has 3 rings (SSSR count). The molecule has 1 aliphatic heterocycles. The normalized spacial score (nSPS) is 16.4. The molecule has 0 saturated carbocycles. The van der Waals surface area contributed by atoms with Crippen LogP contribution in [-0.4, -0.2) is 31.1 Å². The minimum absolute atomic E-state index is 0.532. The van der Waals surface area contributed by atoms with Crippen molar-refractivity contribution in [1.82, 2.24) is 4.90 Å². The van der Waals surface area contributed by atoms with Crippen LogP contribution in [-0.2, 0) is 13.1 Å². The van der Waals surface area contributed by atoms with E-state index in [0.717, 1.165) is 54.8 Å². The lowest BCUT2D eigenvalue weighted by molar-refractivity contribution is 0.230. The van der Waals surface area contributed by atoms with Crippen molar-refractivity contribution in [3.63, 3.8) is 0 Å². The highest BCUT2D eigenvalue weighted by molar-refractivity contribution is 6.33. The predicted octanol–water partition coefficient (Wildman–Crippen LogP) is 2.71. The second-order valence-corrected chi connectivity index (χ2v) is 5.75. The van der Waals surface area contributed by atoms with Crippen molar-refractivity contribution in [2.75, 3.05) is 31.1 Å². The van der Waals surface area contributed by atoms with Gasteiger partial charge in [-0.15, -0.1) is 0 Å². The number of furan rings is 1. The Labute approximate surface area is 130 Å². The highest BCUT2D eigenvalue weighted by atomic mass is 35.5. The lowest BCUT2D eigenvalue weighted by Crippen LogP contribution is -2.46. The molecular formula is C16H20ClN3O. The smallest absolute Gasteiger partial charge is 0.118 e. The molecule has 0 bridgehead atoms. The SMILES string of the molecule is NCc1coc(CN2CCN(c3ccccc3Cl)CC2)c1. The topological polar surface area (TPSA) is 45.6 Å². The zero-order chi connectivity index (χ0) is 14.7. The fraction of sp³-hybridized carbons (Fsp3) is 0.375. The maximum Gasteiger partial charge on any atom is 0.118 e. The third-order valence-corrected chi connectivity index (χ3v) is 4.21. The maximum atomic E-state index is 6.26. The summed E-state index contributed by atoms with van der Waals surface area (Å²) in [6, 6.07) is 10.1. The average Bonchev–Trinajstić information content (AvgIpc) is 2.96. The second-order valence-electron chi connectivity index (χ2n) is 5.34. The minimum atomic E-state index is 0.532. The first-order chi connectivity index (χ1) is 10.3. The summed E-state index contributed by atoms with van der Waals surface area (Å²) in [5, 5.41) is 0.824. The molecule has 2 aromatic rings. The Morgan fingerprint density at radius 3 is 2.57 bits per heavy atom. The summed E-state index contributed by atoms with van der Waals surface area (Å²) in [6.45, 7) is 5.34. The fourth-order valence-electron chi connectivity index (χ4n) is 2.69. The van der Waals surface area contributed by atoms with E-state index in [1.54, 1.807) is 6.26 Å². The Balaban J connectivity index is 1.56. The van der Waals surface area contributed by atoms with E-state index < -0.39 is 0 Å². The molecule has 4 nitrogen and oxygen atoms in total. The van der Waals surface area contributed by atoms with Crippen LogP contribution in [0.4, 0.5) is 5.69 Å². The molecule has 2 heterocycles. The minimum Gasteiger partial charge on any atom is -0.468 e. The van der Waals surface area contributed by atoms with Crippen molar-refractivity contribution >= 4 is 17.3 Å². The molecule has 0 amide bonds. The largest absolute Gasteiger partial charge is 0.468 e. The van der Waals surface area contributed by atoms with Crippen molar-refractivity contribution in [2.24, 2.45) is 5.73 Å². The number of halogens is 1. The third kappa shape index (κ3) is 3.40. The van der Waals surface area contributed by atoms with Crippen LogP contribution in [0.15, 0.2) is 41.0 Å². The fourth-order valence-corrected chi connectivity index (χ4v) is 2.95. The molecule has 1 aliphatic rings. The summed E-state index contributed by atoms with van der Waals surface area (Å²) in [5.74, 6) is 0.988. The van der Waals surface area contributed by atoms with E-state index in [9.17, 15) is 0 Å². The van der Waals surface area contributed by atoms with Crippen LogP contribution in [0.1, 0.15) is 11.3 Å². The summed E-state index contributed by atoms with van der Waals surface area (Å²) in [7, 11) is 0. The van der Waals surface area contributed by atoms with Crippen LogP contribution in [0, 0.1) is 0 Å². The van der Waals surface area contributed by atoms with Gasteiger partial charge in [-0.2, -0.15) is 0 Å². The first-order valence-electron chi connectivity index (χ1n) is 7.24. The van der Waals surface area contributed by atoms with Gasteiger partial charge in [0.25, 0.3) is 0 Å². The first-order valence-corrected chi connectivity index (χ1v) is 7.62. The van der Waals surface area contributed by atoms with Gasteiger partial charge in [0, 0.05) is 38.3 Å². The molecule has 0 aliphatic carbocycles. The molecule has 2 N–H and O–H groups in total. The predicted molar refractivity (Wildman–Crippen MR) is 85.5 cm³/mol. The second kappa shape index (κ2) is 6.52. The number of para-hydroxylation sites is 1. The summed E-state index contributed by atoms with van der Waals surface area (Å²) in [6.07, 6.45) is 1.75. The number of hydrogen-bond acceptors (Lipinski definition) is 4. The van der Waals surface area contributed by atoms with Gasteiger partial charge in [0.2, 0.25) is 0 Å². The average molecular weight is 306 g/mol. The van der Waals surface area contributed by atoms with Gasteiger partial charge in [0.1, 0.15) is 5.76 Å². The van der Waals surface area contributed by atoms with Gasteiger partial charge in [0.05, 0.1) is 23.5 Å².